The van der Waals surface area contributed by atoms with E-state index in [4.69, 9.17) is 5.11 Å². The summed E-state index contributed by atoms with van der Waals surface area (Å²) >= 11 is 0. The Morgan fingerprint density at radius 1 is 1.20 bits per heavy atom. The quantitative estimate of drug-likeness (QED) is 0.751. The Morgan fingerprint density at radius 3 is 1.93 bits per heavy atom. The fraction of sp³-hybridized carbons (Fsp3) is 0.818. The Balaban J connectivity index is 4.45. The Morgan fingerprint density at radius 2 is 1.67 bits per heavy atom. The number of aliphatic carboxylic acids is 1. The van der Waals surface area contributed by atoms with Crippen LogP contribution in [0, 0.1) is 5.41 Å². The lowest BCUT2D eigenvalue weighted by atomic mass is 9.83. The van der Waals surface area contributed by atoms with Crippen LogP contribution < -0.4 is 5.32 Å². The van der Waals surface area contributed by atoms with Crippen molar-refractivity contribution in [1.29, 1.82) is 0 Å². The molecule has 0 heterocycles. The van der Waals surface area contributed by atoms with Gasteiger partial charge in [0.2, 0.25) is 5.91 Å². The highest BCUT2D eigenvalue weighted by Gasteiger charge is 2.34. The van der Waals surface area contributed by atoms with Gasteiger partial charge in [-0.3, -0.25) is 9.59 Å². The second kappa shape index (κ2) is 4.64. The van der Waals surface area contributed by atoms with Crippen LogP contribution in [0.2, 0.25) is 0 Å². The average molecular weight is 215 g/mol. The van der Waals surface area contributed by atoms with Crippen molar-refractivity contribution in [2.45, 2.75) is 53.0 Å². The molecule has 1 unspecified atom stereocenters. The molecule has 0 bridgehead atoms. The van der Waals surface area contributed by atoms with Crippen LogP contribution in [0.25, 0.3) is 0 Å². The summed E-state index contributed by atoms with van der Waals surface area (Å²) in [6.07, 6.45) is 0.468. The van der Waals surface area contributed by atoms with Gasteiger partial charge in [0.15, 0.2) is 0 Å². The summed E-state index contributed by atoms with van der Waals surface area (Å²) in [6.45, 7) is 8.98. The highest BCUT2D eigenvalue weighted by atomic mass is 16.4. The summed E-state index contributed by atoms with van der Waals surface area (Å²) in [5.74, 6) is -1.14. The predicted molar refractivity (Wildman–Crippen MR) is 58.5 cm³/mol. The lowest BCUT2D eigenvalue weighted by Gasteiger charge is -2.26. The molecule has 0 aliphatic rings. The Hall–Kier alpha value is -1.06. The van der Waals surface area contributed by atoms with Crippen LogP contribution in [-0.2, 0) is 9.59 Å². The zero-order valence-corrected chi connectivity index (χ0v) is 10.2. The molecule has 0 aromatic carbocycles. The molecular formula is C11H21NO3. The van der Waals surface area contributed by atoms with Crippen LogP contribution in [0.4, 0.5) is 0 Å². The second-order valence-corrected chi connectivity index (χ2v) is 5.19. The monoisotopic (exact) mass is 215 g/mol. The van der Waals surface area contributed by atoms with Crippen molar-refractivity contribution < 1.29 is 14.7 Å². The number of carboxylic acid groups (broad SMARTS) is 1. The fourth-order valence-electron chi connectivity index (χ4n) is 1.17. The van der Waals surface area contributed by atoms with E-state index in [1.165, 1.54) is 0 Å². The third-order valence-corrected chi connectivity index (χ3v) is 2.36. The molecule has 1 amide bonds. The Bertz CT molecular complexity index is 255. The van der Waals surface area contributed by atoms with E-state index >= 15 is 0 Å². The van der Waals surface area contributed by atoms with Gasteiger partial charge in [-0.2, -0.15) is 0 Å². The molecule has 0 spiro atoms. The van der Waals surface area contributed by atoms with Crippen molar-refractivity contribution in [1.82, 2.24) is 5.32 Å². The molecule has 0 radical (unpaired) electrons. The van der Waals surface area contributed by atoms with Crippen LogP contribution in [0.15, 0.2) is 0 Å². The van der Waals surface area contributed by atoms with E-state index in [2.05, 4.69) is 5.32 Å². The van der Waals surface area contributed by atoms with Gasteiger partial charge in [-0.1, -0.05) is 6.92 Å². The van der Waals surface area contributed by atoms with E-state index in [1.807, 2.05) is 20.8 Å². The third kappa shape index (κ3) is 4.81. The lowest BCUT2D eigenvalue weighted by Crippen LogP contribution is -2.43. The zero-order valence-electron chi connectivity index (χ0n) is 10.2. The molecular weight excluding hydrogens is 194 g/mol. The maximum Gasteiger partial charge on any atom is 0.309 e. The van der Waals surface area contributed by atoms with Crippen LogP contribution in [0.5, 0.6) is 0 Å². The van der Waals surface area contributed by atoms with Crippen molar-refractivity contribution in [3.63, 3.8) is 0 Å². The fourth-order valence-corrected chi connectivity index (χ4v) is 1.17. The molecule has 4 nitrogen and oxygen atoms in total. The molecule has 0 saturated heterocycles. The largest absolute Gasteiger partial charge is 0.481 e. The first kappa shape index (κ1) is 13.9. The van der Waals surface area contributed by atoms with Crippen molar-refractivity contribution in [2.24, 2.45) is 5.41 Å². The van der Waals surface area contributed by atoms with E-state index in [0.717, 1.165) is 0 Å². The summed E-state index contributed by atoms with van der Waals surface area (Å²) in [5, 5.41) is 11.8. The summed E-state index contributed by atoms with van der Waals surface area (Å²) in [6, 6.07) is 0. The van der Waals surface area contributed by atoms with Crippen LogP contribution in [0.1, 0.15) is 47.5 Å². The van der Waals surface area contributed by atoms with E-state index < -0.39 is 11.4 Å². The molecule has 1 atom stereocenters. The molecule has 0 aliphatic heterocycles. The van der Waals surface area contributed by atoms with Crippen LogP contribution in [-0.4, -0.2) is 22.5 Å². The van der Waals surface area contributed by atoms with Gasteiger partial charge >= 0.3 is 5.97 Å². The summed E-state index contributed by atoms with van der Waals surface area (Å²) < 4.78 is 0. The number of hydrogen-bond donors (Lipinski definition) is 2. The zero-order chi connectivity index (χ0) is 12.3. The maximum atomic E-state index is 11.6. The maximum absolute atomic E-state index is 11.6. The highest BCUT2D eigenvalue weighted by Crippen LogP contribution is 2.26. The lowest BCUT2D eigenvalue weighted by molar-refractivity contribution is -0.151. The summed E-state index contributed by atoms with van der Waals surface area (Å²) in [7, 11) is 0. The van der Waals surface area contributed by atoms with Crippen molar-refractivity contribution in [3.05, 3.63) is 0 Å². The summed E-state index contributed by atoms with van der Waals surface area (Å²) in [5.41, 5.74) is -1.28. The molecule has 0 aliphatic carbocycles. The SMILES string of the molecule is CCC(C)(CC(=O)NC(C)(C)C)C(=O)O. The first-order valence-electron chi connectivity index (χ1n) is 5.15. The molecule has 4 heteroatoms. The van der Waals surface area contributed by atoms with Gasteiger partial charge in [0.25, 0.3) is 0 Å². The van der Waals surface area contributed by atoms with Gasteiger partial charge in [0.1, 0.15) is 0 Å². The van der Waals surface area contributed by atoms with Gasteiger partial charge in [-0.15, -0.1) is 0 Å². The van der Waals surface area contributed by atoms with Gasteiger partial charge < -0.3 is 10.4 Å². The number of amides is 1. The molecule has 88 valence electrons. The van der Waals surface area contributed by atoms with Gasteiger partial charge in [-0.25, -0.2) is 0 Å². The smallest absolute Gasteiger partial charge is 0.309 e. The predicted octanol–water partition coefficient (Wildman–Crippen LogP) is 1.79. The number of rotatable bonds is 4. The third-order valence-electron chi connectivity index (χ3n) is 2.36. The molecule has 0 aromatic heterocycles. The first-order valence-corrected chi connectivity index (χ1v) is 5.15. The molecule has 15 heavy (non-hydrogen) atoms. The van der Waals surface area contributed by atoms with Crippen LogP contribution in [0.3, 0.4) is 0 Å². The number of nitrogens with one attached hydrogen (secondary N) is 1. The van der Waals surface area contributed by atoms with Crippen molar-refractivity contribution in [2.75, 3.05) is 0 Å². The van der Waals surface area contributed by atoms with E-state index in [-0.39, 0.29) is 17.9 Å². The Kier molecular flexibility index (Phi) is 4.31. The van der Waals surface area contributed by atoms with E-state index in [0.29, 0.717) is 6.42 Å². The van der Waals surface area contributed by atoms with Crippen LogP contribution >= 0.6 is 0 Å². The molecule has 0 aromatic rings. The standard InChI is InChI=1S/C11H21NO3/c1-6-11(5,9(14)15)7-8(13)12-10(2,3)4/h6-7H2,1-5H3,(H,12,13)(H,14,15). The highest BCUT2D eigenvalue weighted by molar-refractivity contribution is 5.84. The van der Waals surface area contributed by atoms with Crippen molar-refractivity contribution >= 4 is 11.9 Å². The van der Waals surface area contributed by atoms with Crippen molar-refractivity contribution in [3.8, 4) is 0 Å². The first-order chi connectivity index (χ1) is 6.60. The average Bonchev–Trinajstić information content (AvgIpc) is 1.99. The molecule has 0 fully saturated rings. The Labute approximate surface area is 91.1 Å². The topological polar surface area (TPSA) is 66.4 Å². The number of carbonyl (C=O) groups excluding carboxylic acids is 1. The number of hydrogen-bond acceptors (Lipinski definition) is 2. The molecule has 0 saturated carbocycles. The minimum atomic E-state index is -0.963. The summed E-state index contributed by atoms with van der Waals surface area (Å²) in [4.78, 5) is 22.5. The van der Waals surface area contributed by atoms with Gasteiger partial charge in [0.05, 0.1) is 5.41 Å². The van der Waals surface area contributed by atoms with Gasteiger partial charge in [0, 0.05) is 12.0 Å². The number of carbonyl (C=O) groups is 2. The minimum absolute atomic E-state index is 0.0239. The molecule has 2 N–H and O–H groups in total. The minimum Gasteiger partial charge on any atom is -0.481 e. The number of carboxylic acids is 1. The molecule has 0 rings (SSSR count). The van der Waals surface area contributed by atoms with E-state index in [9.17, 15) is 9.59 Å². The van der Waals surface area contributed by atoms with Gasteiger partial charge in [-0.05, 0) is 34.1 Å². The second-order valence-electron chi connectivity index (χ2n) is 5.19. The normalized spacial score (nSPS) is 15.5. The van der Waals surface area contributed by atoms with E-state index in [1.54, 1.807) is 13.8 Å².